The number of aliphatic carboxylic acids is 1. The number of amides is 2. The van der Waals surface area contributed by atoms with Gasteiger partial charge < -0.3 is 19.6 Å². The molecule has 0 saturated carbocycles. The van der Waals surface area contributed by atoms with Gasteiger partial charge in [0.1, 0.15) is 0 Å². The fourth-order valence-electron chi connectivity index (χ4n) is 2.85. The summed E-state index contributed by atoms with van der Waals surface area (Å²) in [5.41, 5.74) is 0. The first-order valence-corrected chi connectivity index (χ1v) is 6.97. The third-order valence-electron chi connectivity index (χ3n) is 3.96. The van der Waals surface area contributed by atoms with Crippen LogP contribution in [0.15, 0.2) is 0 Å². The van der Waals surface area contributed by atoms with Gasteiger partial charge in [0.2, 0.25) is 0 Å². The molecule has 2 heterocycles. The number of carboxylic acids is 1. The van der Waals surface area contributed by atoms with E-state index in [1.54, 1.807) is 4.90 Å². The van der Waals surface area contributed by atoms with E-state index in [4.69, 9.17) is 9.84 Å². The average molecular weight is 270 g/mol. The molecule has 19 heavy (non-hydrogen) atoms. The number of carboxylic acid groups (broad SMARTS) is 1. The fraction of sp³-hybridized carbons (Fsp3) is 0.846. The number of hydrogen-bond acceptors (Lipinski definition) is 3. The van der Waals surface area contributed by atoms with Gasteiger partial charge in [0.05, 0.1) is 19.3 Å². The van der Waals surface area contributed by atoms with E-state index in [0.717, 1.165) is 12.8 Å². The molecule has 6 nitrogen and oxygen atoms in total. The zero-order valence-electron chi connectivity index (χ0n) is 11.4. The van der Waals surface area contributed by atoms with Crippen molar-refractivity contribution in [3.05, 3.63) is 0 Å². The van der Waals surface area contributed by atoms with Crippen LogP contribution in [0.25, 0.3) is 0 Å². The van der Waals surface area contributed by atoms with Gasteiger partial charge in [-0.25, -0.2) is 4.79 Å². The number of hydrogen-bond donors (Lipinski definition) is 1. The lowest BCUT2D eigenvalue weighted by molar-refractivity contribution is -0.138. The Kier molecular flexibility index (Phi) is 4.63. The maximum Gasteiger partial charge on any atom is 0.320 e. The Balaban J connectivity index is 1.91. The molecule has 2 aliphatic heterocycles. The molecule has 6 heteroatoms. The standard InChI is InChI=1S/C13H22N2O4/c1-2-11-9-19-6-5-15(11)13(18)14-4-3-10(8-14)7-12(16)17/h10-11H,2-9H2,1H3,(H,16,17). The van der Waals surface area contributed by atoms with E-state index in [1.165, 1.54) is 0 Å². The Morgan fingerprint density at radius 1 is 1.37 bits per heavy atom. The lowest BCUT2D eigenvalue weighted by atomic mass is 10.1. The molecule has 2 atom stereocenters. The van der Waals surface area contributed by atoms with Crippen LogP contribution < -0.4 is 0 Å². The second-order valence-corrected chi connectivity index (χ2v) is 5.31. The first-order chi connectivity index (χ1) is 9.11. The van der Waals surface area contributed by atoms with E-state index in [9.17, 15) is 9.59 Å². The fourth-order valence-corrected chi connectivity index (χ4v) is 2.85. The summed E-state index contributed by atoms with van der Waals surface area (Å²) < 4.78 is 5.40. The molecule has 2 amide bonds. The number of morpholine rings is 1. The highest BCUT2D eigenvalue weighted by atomic mass is 16.5. The predicted molar refractivity (Wildman–Crippen MR) is 68.9 cm³/mol. The molecule has 1 N–H and O–H groups in total. The normalized spacial score (nSPS) is 27.6. The van der Waals surface area contributed by atoms with E-state index in [-0.39, 0.29) is 24.4 Å². The van der Waals surface area contributed by atoms with Crippen LogP contribution in [0, 0.1) is 5.92 Å². The van der Waals surface area contributed by atoms with Gasteiger partial charge in [-0.1, -0.05) is 6.92 Å². The second-order valence-electron chi connectivity index (χ2n) is 5.31. The molecule has 0 aromatic heterocycles. The summed E-state index contributed by atoms with van der Waals surface area (Å²) >= 11 is 0. The Labute approximate surface area is 113 Å². The molecule has 2 unspecified atom stereocenters. The van der Waals surface area contributed by atoms with Crippen LogP contribution in [0.2, 0.25) is 0 Å². The maximum atomic E-state index is 12.4. The van der Waals surface area contributed by atoms with E-state index in [1.807, 2.05) is 4.90 Å². The van der Waals surface area contributed by atoms with Crippen LogP contribution in [-0.2, 0) is 9.53 Å². The van der Waals surface area contributed by atoms with Crippen molar-refractivity contribution in [3.63, 3.8) is 0 Å². The van der Waals surface area contributed by atoms with Crippen molar-refractivity contribution in [1.29, 1.82) is 0 Å². The van der Waals surface area contributed by atoms with Gasteiger partial charge in [0, 0.05) is 26.1 Å². The highest BCUT2D eigenvalue weighted by Gasteiger charge is 2.34. The van der Waals surface area contributed by atoms with Crippen molar-refractivity contribution in [2.75, 3.05) is 32.8 Å². The molecular formula is C13H22N2O4. The zero-order chi connectivity index (χ0) is 13.8. The van der Waals surface area contributed by atoms with E-state index >= 15 is 0 Å². The molecule has 0 radical (unpaired) electrons. The second kappa shape index (κ2) is 6.23. The molecule has 0 spiro atoms. The molecule has 0 aromatic rings. The van der Waals surface area contributed by atoms with Crippen molar-refractivity contribution < 1.29 is 19.4 Å². The van der Waals surface area contributed by atoms with Crippen LogP contribution in [-0.4, -0.2) is 65.8 Å². The summed E-state index contributed by atoms with van der Waals surface area (Å²) in [5, 5.41) is 8.80. The minimum Gasteiger partial charge on any atom is -0.481 e. The van der Waals surface area contributed by atoms with Crippen molar-refractivity contribution in [1.82, 2.24) is 9.80 Å². The minimum absolute atomic E-state index is 0.0445. The third kappa shape index (κ3) is 3.37. The van der Waals surface area contributed by atoms with E-state index in [0.29, 0.717) is 32.8 Å². The molecule has 0 aliphatic carbocycles. The summed E-state index contributed by atoms with van der Waals surface area (Å²) in [4.78, 5) is 26.8. The largest absolute Gasteiger partial charge is 0.481 e. The maximum absolute atomic E-state index is 12.4. The average Bonchev–Trinajstić information content (AvgIpc) is 2.85. The van der Waals surface area contributed by atoms with Crippen LogP contribution in [0.1, 0.15) is 26.2 Å². The Morgan fingerprint density at radius 3 is 2.84 bits per heavy atom. The molecule has 108 valence electrons. The van der Waals surface area contributed by atoms with Crippen LogP contribution in [0.4, 0.5) is 4.79 Å². The number of carbonyl (C=O) groups is 2. The lowest BCUT2D eigenvalue weighted by Crippen LogP contribution is -2.53. The summed E-state index contributed by atoms with van der Waals surface area (Å²) in [6, 6.07) is 0.197. The quantitative estimate of drug-likeness (QED) is 0.831. The van der Waals surface area contributed by atoms with Crippen LogP contribution in [0.5, 0.6) is 0 Å². The molecule has 0 bridgehead atoms. The zero-order valence-corrected chi connectivity index (χ0v) is 11.4. The van der Waals surface area contributed by atoms with E-state index < -0.39 is 5.97 Å². The Morgan fingerprint density at radius 2 is 2.16 bits per heavy atom. The number of likely N-dealkylation sites (tertiary alicyclic amines) is 1. The van der Waals surface area contributed by atoms with Crippen molar-refractivity contribution in [2.24, 2.45) is 5.92 Å². The summed E-state index contributed by atoms with van der Waals surface area (Å²) in [6.07, 6.45) is 1.83. The molecular weight excluding hydrogens is 248 g/mol. The molecule has 0 aromatic carbocycles. The first-order valence-electron chi connectivity index (χ1n) is 6.97. The third-order valence-corrected chi connectivity index (χ3v) is 3.96. The Bertz CT molecular complexity index is 348. The van der Waals surface area contributed by atoms with Gasteiger partial charge in [-0.15, -0.1) is 0 Å². The number of ether oxygens (including phenoxy) is 1. The van der Waals surface area contributed by atoms with Crippen molar-refractivity contribution >= 4 is 12.0 Å². The van der Waals surface area contributed by atoms with Gasteiger partial charge in [-0.05, 0) is 18.8 Å². The van der Waals surface area contributed by atoms with E-state index in [2.05, 4.69) is 6.92 Å². The lowest BCUT2D eigenvalue weighted by Gasteiger charge is -2.37. The highest BCUT2D eigenvalue weighted by molar-refractivity contribution is 5.75. The van der Waals surface area contributed by atoms with Gasteiger partial charge in [0.25, 0.3) is 0 Å². The highest BCUT2D eigenvalue weighted by Crippen LogP contribution is 2.22. The van der Waals surface area contributed by atoms with Crippen LogP contribution >= 0.6 is 0 Å². The molecule has 2 rings (SSSR count). The van der Waals surface area contributed by atoms with Crippen molar-refractivity contribution in [3.8, 4) is 0 Å². The van der Waals surface area contributed by atoms with Gasteiger partial charge in [0.15, 0.2) is 0 Å². The minimum atomic E-state index is -0.780. The number of nitrogens with zero attached hydrogens (tertiary/aromatic N) is 2. The SMILES string of the molecule is CCC1COCCN1C(=O)N1CCC(CC(=O)O)C1. The Hall–Kier alpha value is -1.30. The topological polar surface area (TPSA) is 70.1 Å². The van der Waals surface area contributed by atoms with Gasteiger partial charge >= 0.3 is 12.0 Å². The van der Waals surface area contributed by atoms with Gasteiger partial charge in [-0.3, -0.25) is 4.79 Å². The summed E-state index contributed by atoms with van der Waals surface area (Å²) in [7, 11) is 0. The van der Waals surface area contributed by atoms with Crippen LogP contribution in [0.3, 0.4) is 0 Å². The molecule has 2 saturated heterocycles. The predicted octanol–water partition coefficient (Wildman–Crippen LogP) is 1.01. The summed E-state index contributed by atoms with van der Waals surface area (Å²) in [5.74, 6) is -0.681. The van der Waals surface area contributed by atoms with Crippen molar-refractivity contribution in [2.45, 2.75) is 32.2 Å². The number of carbonyl (C=O) groups excluding carboxylic acids is 1. The number of rotatable bonds is 3. The monoisotopic (exact) mass is 270 g/mol. The first kappa shape index (κ1) is 14.1. The smallest absolute Gasteiger partial charge is 0.320 e. The summed E-state index contributed by atoms with van der Waals surface area (Å²) in [6.45, 7) is 5.13. The number of urea groups is 1. The molecule has 2 fully saturated rings. The molecule has 2 aliphatic rings. The van der Waals surface area contributed by atoms with Gasteiger partial charge in [-0.2, -0.15) is 0 Å².